The predicted octanol–water partition coefficient (Wildman–Crippen LogP) is 0.583. The molecule has 0 aromatic heterocycles. The van der Waals surface area contributed by atoms with Gasteiger partial charge in [0.15, 0.2) is 12.1 Å². The molecule has 0 aromatic carbocycles. The lowest BCUT2D eigenvalue weighted by molar-refractivity contribution is -0.230. The van der Waals surface area contributed by atoms with Crippen LogP contribution in [0.1, 0.15) is 39.5 Å². The summed E-state index contributed by atoms with van der Waals surface area (Å²) in [5.74, 6) is -0.773. The van der Waals surface area contributed by atoms with Gasteiger partial charge in [0.2, 0.25) is 5.91 Å². The first kappa shape index (κ1) is 24.2. The molecule has 0 aromatic rings. The number of piperidine rings is 1. The first-order valence-corrected chi connectivity index (χ1v) is 11.7. The Morgan fingerprint density at radius 1 is 1.15 bits per heavy atom. The lowest BCUT2D eigenvalue weighted by Crippen LogP contribution is -2.48. The maximum atomic E-state index is 12.6. The highest BCUT2D eigenvalue weighted by Gasteiger charge is 2.56. The van der Waals surface area contributed by atoms with E-state index in [-0.39, 0.29) is 43.4 Å². The fraction of sp³-hybridized carbons (Fsp3) is 0.864. The summed E-state index contributed by atoms with van der Waals surface area (Å²) < 4.78 is 28.4. The van der Waals surface area contributed by atoms with Crippen molar-refractivity contribution in [3.63, 3.8) is 0 Å². The quantitative estimate of drug-likeness (QED) is 0.599. The second-order valence-corrected chi connectivity index (χ2v) is 9.44. The Labute approximate surface area is 194 Å². The largest absolute Gasteiger partial charge is 0.447 e. The van der Waals surface area contributed by atoms with Gasteiger partial charge in [-0.1, -0.05) is 0 Å². The van der Waals surface area contributed by atoms with Crippen LogP contribution in [0.3, 0.4) is 0 Å². The summed E-state index contributed by atoms with van der Waals surface area (Å²) in [6.45, 7) is 5.67. The zero-order valence-electron chi connectivity index (χ0n) is 19.5. The number of nitrogens with zero attached hydrogens (tertiary/aromatic N) is 3. The Kier molecular flexibility index (Phi) is 7.40. The van der Waals surface area contributed by atoms with Gasteiger partial charge in [0, 0.05) is 32.8 Å². The monoisotopic (exact) mass is 466 g/mol. The van der Waals surface area contributed by atoms with Gasteiger partial charge in [-0.2, -0.15) is 5.26 Å². The van der Waals surface area contributed by atoms with Crippen LogP contribution in [0.15, 0.2) is 0 Å². The molecule has 0 spiro atoms. The number of amides is 2. The number of nitriles is 1. The molecular formula is C22H34N4O7. The van der Waals surface area contributed by atoms with Gasteiger partial charge < -0.3 is 38.8 Å². The average molecular weight is 467 g/mol. The summed E-state index contributed by atoms with van der Waals surface area (Å²) in [7, 11) is 1.55. The Hall–Kier alpha value is -1.97. The molecule has 4 fully saturated rings. The molecule has 11 heteroatoms. The zero-order chi connectivity index (χ0) is 23.6. The van der Waals surface area contributed by atoms with Gasteiger partial charge in [-0.3, -0.25) is 4.79 Å². The van der Waals surface area contributed by atoms with E-state index >= 15 is 0 Å². The SMILES string of the molecule is CO[C@@H]1O[C@H](COC(=O)N2CCC(NCC(=O)N3CCC[C@H]3C#N)CC2)[C@H]2OC(C)(C)O[C@@H]12. The lowest BCUT2D eigenvalue weighted by atomic mass is 10.1. The summed E-state index contributed by atoms with van der Waals surface area (Å²) in [6.07, 6.45) is 0.950. The van der Waals surface area contributed by atoms with Crippen molar-refractivity contribution in [1.29, 1.82) is 5.26 Å². The van der Waals surface area contributed by atoms with E-state index in [0.29, 0.717) is 19.6 Å². The molecule has 184 valence electrons. The lowest BCUT2D eigenvalue weighted by Gasteiger charge is -2.32. The molecule has 0 bridgehead atoms. The van der Waals surface area contributed by atoms with Crippen molar-refractivity contribution in [3.8, 4) is 6.07 Å². The highest BCUT2D eigenvalue weighted by atomic mass is 16.8. The molecule has 4 aliphatic heterocycles. The summed E-state index contributed by atoms with van der Waals surface area (Å²) >= 11 is 0. The maximum Gasteiger partial charge on any atom is 0.409 e. The van der Waals surface area contributed by atoms with E-state index < -0.39 is 24.3 Å². The second-order valence-electron chi connectivity index (χ2n) is 9.44. The molecule has 4 heterocycles. The molecule has 1 N–H and O–H groups in total. The highest BCUT2D eigenvalue weighted by molar-refractivity contribution is 5.79. The smallest absolute Gasteiger partial charge is 0.409 e. The normalized spacial score (nSPS) is 33.7. The third-order valence-electron chi connectivity index (χ3n) is 6.73. The molecule has 4 rings (SSSR count). The van der Waals surface area contributed by atoms with E-state index in [1.165, 1.54) is 0 Å². The van der Waals surface area contributed by atoms with Gasteiger partial charge >= 0.3 is 6.09 Å². The first-order chi connectivity index (χ1) is 15.8. The number of fused-ring (bicyclic) bond motifs is 1. The minimum Gasteiger partial charge on any atom is -0.447 e. The van der Waals surface area contributed by atoms with Crippen LogP contribution in [0.25, 0.3) is 0 Å². The molecule has 0 saturated carbocycles. The molecule has 33 heavy (non-hydrogen) atoms. The number of ether oxygens (including phenoxy) is 5. The average Bonchev–Trinajstić information content (AvgIpc) is 3.49. The molecule has 4 saturated heterocycles. The third kappa shape index (κ3) is 5.41. The third-order valence-corrected chi connectivity index (χ3v) is 6.73. The molecule has 5 atom stereocenters. The summed E-state index contributed by atoms with van der Waals surface area (Å²) in [5, 5.41) is 12.4. The number of rotatable bonds is 6. The number of carbonyl (C=O) groups is 2. The van der Waals surface area contributed by atoms with Crippen molar-refractivity contribution >= 4 is 12.0 Å². The van der Waals surface area contributed by atoms with Crippen molar-refractivity contribution < 1.29 is 33.3 Å². The first-order valence-electron chi connectivity index (χ1n) is 11.7. The Balaban J connectivity index is 1.17. The van der Waals surface area contributed by atoms with Gasteiger partial charge in [-0.15, -0.1) is 0 Å². The fourth-order valence-corrected chi connectivity index (χ4v) is 5.01. The van der Waals surface area contributed by atoms with E-state index in [4.69, 9.17) is 28.9 Å². The Morgan fingerprint density at radius 2 is 1.88 bits per heavy atom. The molecule has 0 aliphatic carbocycles. The van der Waals surface area contributed by atoms with E-state index in [9.17, 15) is 9.59 Å². The van der Waals surface area contributed by atoms with Crippen LogP contribution >= 0.6 is 0 Å². The van der Waals surface area contributed by atoms with E-state index in [1.54, 1.807) is 16.9 Å². The molecular weight excluding hydrogens is 432 g/mol. The minimum absolute atomic E-state index is 0.0357. The minimum atomic E-state index is -0.737. The summed E-state index contributed by atoms with van der Waals surface area (Å²) in [4.78, 5) is 28.3. The van der Waals surface area contributed by atoms with E-state index in [2.05, 4.69) is 11.4 Å². The number of hydrogen-bond donors (Lipinski definition) is 1. The van der Waals surface area contributed by atoms with Crippen LogP contribution in [0.4, 0.5) is 4.79 Å². The number of hydrogen-bond acceptors (Lipinski definition) is 9. The standard InChI is InChI=1S/C22H34N4O7/c1-22(2)32-18-16(31-20(29-3)19(18)33-22)13-30-21(28)25-9-6-14(7-10-25)24-12-17(27)26-8-4-5-15(26)11-23/h14-16,18-20,24H,4-10,12-13H2,1-3H3/t15-,16+,18+,19+,20+/m0/s1. The summed E-state index contributed by atoms with van der Waals surface area (Å²) in [5.41, 5.74) is 0. The van der Waals surface area contributed by atoms with E-state index in [0.717, 1.165) is 25.7 Å². The molecule has 11 nitrogen and oxygen atoms in total. The molecule has 2 amide bonds. The van der Waals surface area contributed by atoms with Crippen LogP contribution in [0, 0.1) is 11.3 Å². The number of carbonyl (C=O) groups excluding carboxylic acids is 2. The predicted molar refractivity (Wildman–Crippen MR) is 114 cm³/mol. The second kappa shape index (κ2) is 10.1. The van der Waals surface area contributed by atoms with Crippen molar-refractivity contribution in [2.75, 3.05) is 39.9 Å². The zero-order valence-corrected chi connectivity index (χ0v) is 19.5. The molecule has 0 unspecified atom stereocenters. The van der Waals surface area contributed by atoms with Crippen molar-refractivity contribution in [2.24, 2.45) is 0 Å². The van der Waals surface area contributed by atoms with Crippen LogP contribution in [0.2, 0.25) is 0 Å². The fourth-order valence-electron chi connectivity index (χ4n) is 5.01. The van der Waals surface area contributed by atoms with Gasteiger partial charge in [0.05, 0.1) is 12.6 Å². The van der Waals surface area contributed by atoms with Crippen LogP contribution in [0.5, 0.6) is 0 Å². The van der Waals surface area contributed by atoms with Gasteiger partial charge in [-0.25, -0.2) is 4.79 Å². The van der Waals surface area contributed by atoms with Crippen LogP contribution in [-0.2, 0) is 28.5 Å². The number of likely N-dealkylation sites (tertiary alicyclic amines) is 2. The number of nitrogens with one attached hydrogen (secondary N) is 1. The van der Waals surface area contributed by atoms with Gasteiger partial charge in [0.25, 0.3) is 0 Å². The number of methoxy groups -OCH3 is 1. The molecule has 0 radical (unpaired) electrons. The van der Waals surface area contributed by atoms with Crippen LogP contribution < -0.4 is 5.32 Å². The van der Waals surface area contributed by atoms with Gasteiger partial charge in [0.1, 0.15) is 31.0 Å². The van der Waals surface area contributed by atoms with E-state index in [1.807, 2.05) is 13.8 Å². The topological polar surface area (TPSA) is 123 Å². The van der Waals surface area contributed by atoms with Crippen molar-refractivity contribution in [2.45, 2.75) is 82.0 Å². The Bertz CT molecular complexity index is 764. The highest BCUT2D eigenvalue weighted by Crippen LogP contribution is 2.39. The van der Waals surface area contributed by atoms with Crippen molar-refractivity contribution in [1.82, 2.24) is 15.1 Å². The maximum absolute atomic E-state index is 12.6. The summed E-state index contributed by atoms with van der Waals surface area (Å²) in [6, 6.07) is 2.04. The van der Waals surface area contributed by atoms with Crippen LogP contribution in [-0.4, -0.2) is 104 Å². The Morgan fingerprint density at radius 3 is 2.58 bits per heavy atom. The molecule has 4 aliphatic rings. The van der Waals surface area contributed by atoms with Crippen molar-refractivity contribution in [3.05, 3.63) is 0 Å². The van der Waals surface area contributed by atoms with Gasteiger partial charge in [-0.05, 0) is 39.5 Å².